The van der Waals surface area contributed by atoms with Crippen LogP contribution < -0.4 is 4.74 Å². The smallest absolute Gasteiger partial charge is 0.184 e. The van der Waals surface area contributed by atoms with Gasteiger partial charge in [0.1, 0.15) is 5.75 Å². The third-order valence-corrected chi connectivity index (χ3v) is 2.40. The molecule has 2 rings (SSSR count). The van der Waals surface area contributed by atoms with Crippen LogP contribution in [0.5, 0.6) is 5.75 Å². The highest BCUT2D eigenvalue weighted by atomic mass is 16.7. The molecular weight excluding hydrogens is 192 g/mol. The molecule has 2 unspecified atom stereocenters. The van der Waals surface area contributed by atoms with Gasteiger partial charge < -0.3 is 14.2 Å². The van der Waals surface area contributed by atoms with Crippen LogP contribution in [0.15, 0.2) is 24.3 Å². The normalized spacial score (nSPS) is 25.5. The molecule has 0 amide bonds. The van der Waals surface area contributed by atoms with Crippen molar-refractivity contribution in [2.24, 2.45) is 0 Å². The maximum atomic E-state index is 5.58. The number of rotatable bonds is 3. The fourth-order valence-electron chi connectivity index (χ4n) is 1.51. The molecule has 1 saturated heterocycles. The topological polar surface area (TPSA) is 27.7 Å². The Balaban J connectivity index is 2.04. The van der Waals surface area contributed by atoms with Crippen LogP contribution in [0, 0.1) is 6.92 Å². The molecule has 0 aliphatic carbocycles. The van der Waals surface area contributed by atoms with Crippen LogP contribution in [0.25, 0.3) is 0 Å². The maximum absolute atomic E-state index is 5.58. The minimum atomic E-state index is -0.288. The summed E-state index contributed by atoms with van der Waals surface area (Å²) in [5.41, 5.74) is 0.992. The Kier molecular flexibility index (Phi) is 3.23. The van der Waals surface area contributed by atoms with Crippen molar-refractivity contribution < 1.29 is 14.2 Å². The van der Waals surface area contributed by atoms with Crippen LogP contribution in [0.4, 0.5) is 0 Å². The van der Waals surface area contributed by atoms with Gasteiger partial charge in [-0.2, -0.15) is 0 Å². The van der Waals surface area contributed by atoms with Crippen molar-refractivity contribution in [3.63, 3.8) is 0 Å². The Labute approximate surface area is 90.0 Å². The summed E-state index contributed by atoms with van der Waals surface area (Å²) < 4.78 is 16.1. The van der Waals surface area contributed by atoms with Crippen LogP contribution in [-0.2, 0) is 9.47 Å². The van der Waals surface area contributed by atoms with E-state index in [9.17, 15) is 0 Å². The third-order valence-electron chi connectivity index (χ3n) is 2.40. The van der Waals surface area contributed by atoms with Crippen molar-refractivity contribution in [3.8, 4) is 5.75 Å². The van der Waals surface area contributed by atoms with Gasteiger partial charge in [-0.25, -0.2) is 0 Å². The first-order valence-electron chi connectivity index (χ1n) is 4.94. The first-order valence-corrected chi connectivity index (χ1v) is 4.94. The van der Waals surface area contributed by atoms with E-state index in [2.05, 4.69) is 0 Å². The molecule has 0 spiro atoms. The van der Waals surface area contributed by atoms with Gasteiger partial charge in [0.25, 0.3) is 0 Å². The summed E-state index contributed by atoms with van der Waals surface area (Å²) in [6.07, 6.45) is 0.216. The molecule has 2 radical (unpaired) electrons. The van der Waals surface area contributed by atoms with Gasteiger partial charge in [0.2, 0.25) is 0 Å². The Morgan fingerprint density at radius 1 is 1.40 bits per heavy atom. The van der Waals surface area contributed by atoms with E-state index in [-0.39, 0.29) is 12.4 Å². The zero-order valence-electron chi connectivity index (χ0n) is 8.68. The van der Waals surface area contributed by atoms with Gasteiger partial charge in [0, 0.05) is 5.56 Å². The first-order chi connectivity index (χ1) is 7.33. The Hall–Kier alpha value is -1.06. The second kappa shape index (κ2) is 4.64. The van der Waals surface area contributed by atoms with Gasteiger partial charge in [0.15, 0.2) is 6.29 Å². The SMILES string of the molecule is [CH]CC1COC(c2ccc(OC)cc2)O1. The zero-order valence-corrected chi connectivity index (χ0v) is 8.68. The number of hydrogen-bond donors (Lipinski definition) is 0. The highest BCUT2D eigenvalue weighted by Gasteiger charge is 2.25. The van der Waals surface area contributed by atoms with Crippen LogP contribution >= 0.6 is 0 Å². The molecule has 1 aromatic rings. The molecule has 1 heterocycles. The molecule has 15 heavy (non-hydrogen) atoms. The highest BCUT2D eigenvalue weighted by Crippen LogP contribution is 2.28. The lowest BCUT2D eigenvalue weighted by Gasteiger charge is -2.11. The van der Waals surface area contributed by atoms with Crippen LogP contribution in [0.1, 0.15) is 18.3 Å². The second-order valence-corrected chi connectivity index (χ2v) is 3.43. The minimum absolute atomic E-state index is 0.0112. The predicted octanol–water partition coefficient (Wildman–Crippen LogP) is 2.21. The lowest BCUT2D eigenvalue weighted by molar-refractivity contribution is -0.0595. The number of benzene rings is 1. The van der Waals surface area contributed by atoms with Crippen molar-refractivity contribution in [2.75, 3.05) is 13.7 Å². The highest BCUT2D eigenvalue weighted by molar-refractivity contribution is 5.28. The quantitative estimate of drug-likeness (QED) is 0.758. The molecule has 1 aliphatic rings. The molecule has 80 valence electrons. The van der Waals surface area contributed by atoms with E-state index in [0.29, 0.717) is 13.0 Å². The van der Waals surface area contributed by atoms with Crippen molar-refractivity contribution in [2.45, 2.75) is 18.8 Å². The van der Waals surface area contributed by atoms with E-state index in [1.807, 2.05) is 24.3 Å². The average molecular weight is 206 g/mol. The van der Waals surface area contributed by atoms with Gasteiger partial charge >= 0.3 is 0 Å². The summed E-state index contributed by atoms with van der Waals surface area (Å²) >= 11 is 0. The van der Waals surface area contributed by atoms with Crippen molar-refractivity contribution >= 4 is 0 Å². The first kappa shape index (κ1) is 10.5. The standard InChI is InChI=1S/C12H14O3/c1-3-10-8-14-12(15-10)9-4-6-11(13-2)7-5-9/h1,4-7,10,12H,3,8H2,2H3. The van der Waals surface area contributed by atoms with Crippen molar-refractivity contribution in [1.82, 2.24) is 0 Å². The number of ether oxygens (including phenoxy) is 3. The molecule has 0 N–H and O–H groups in total. The van der Waals surface area contributed by atoms with E-state index in [1.165, 1.54) is 0 Å². The van der Waals surface area contributed by atoms with Gasteiger partial charge in [0.05, 0.1) is 19.8 Å². The summed E-state index contributed by atoms with van der Waals surface area (Å²) in [6.45, 7) is 6.06. The average Bonchev–Trinajstić information content (AvgIpc) is 2.78. The summed E-state index contributed by atoms with van der Waals surface area (Å²) in [4.78, 5) is 0. The zero-order chi connectivity index (χ0) is 10.7. The van der Waals surface area contributed by atoms with Crippen molar-refractivity contribution in [3.05, 3.63) is 36.8 Å². The molecule has 1 aliphatic heterocycles. The lowest BCUT2D eigenvalue weighted by Crippen LogP contribution is -2.07. The van der Waals surface area contributed by atoms with Gasteiger partial charge in [-0.15, -0.1) is 0 Å². The minimum Gasteiger partial charge on any atom is -0.497 e. The summed E-state index contributed by atoms with van der Waals surface area (Å²) in [6, 6.07) is 7.64. The Bertz CT molecular complexity index is 307. The fraction of sp³-hybridized carbons (Fsp3) is 0.417. The van der Waals surface area contributed by atoms with E-state index in [0.717, 1.165) is 11.3 Å². The van der Waals surface area contributed by atoms with E-state index in [1.54, 1.807) is 7.11 Å². The number of hydrogen-bond acceptors (Lipinski definition) is 3. The second-order valence-electron chi connectivity index (χ2n) is 3.43. The molecule has 3 nitrogen and oxygen atoms in total. The third kappa shape index (κ3) is 2.30. The maximum Gasteiger partial charge on any atom is 0.184 e. The molecule has 0 aromatic heterocycles. The van der Waals surface area contributed by atoms with Crippen molar-refractivity contribution in [1.29, 1.82) is 0 Å². The van der Waals surface area contributed by atoms with E-state index >= 15 is 0 Å². The van der Waals surface area contributed by atoms with Crippen LogP contribution in [-0.4, -0.2) is 19.8 Å². The molecule has 1 aromatic carbocycles. The molecule has 0 saturated carbocycles. The monoisotopic (exact) mass is 206 g/mol. The van der Waals surface area contributed by atoms with Gasteiger partial charge in [-0.1, -0.05) is 12.1 Å². The molecule has 2 atom stereocenters. The largest absolute Gasteiger partial charge is 0.497 e. The summed E-state index contributed by atoms with van der Waals surface area (Å²) in [7, 11) is 1.64. The molecule has 0 bridgehead atoms. The van der Waals surface area contributed by atoms with Gasteiger partial charge in [-0.3, -0.25) is 0 Å². The summed E-state index contributed by atoms with van der Waals surface area (Å²) in [5.74, 6) is 0.826. The molecule has 3 heteroatoms. The molecule has 1 fully saturated rings. The van der Waals surface area contributed by atoms with E-state index in [4.69, 9.17) is 21.1 Å². The van der Waals surface area contributed by atoms with Crippen LogP contribution in [0.3, 0.4) is 0 Å². The predicted molar refractivity (Wildman–Crippen MR) is 55.5 cm³/mol. The molecular formula is C12H14O3. The Morgan fingerprint density at radius 3 is 2.67 bits per heavy atom. The lowest BCUT2D eigenvalue weighted by atomic mass is 10.2. The Morgan fingerprint density at radius 2 is 2.13 bits per heavy atom. The van der Waals surface area contributed by atoms with Gasteiger partial charge in [-0.05, 0) is 25.5 Å². The van der Waals surface area contributed by atoms with E-state index < -0.39 is 0 Å². The number of methoxy groups -OCH3 is 1. The van der Waals surface area contributed by atoms with Crippen LogP contribution in [0.2, 0.25) is 0 Å². The fourth-order valence-corrected chi connectivity index (χ4v) is 1.51. The summed E-state index contributed by atoms with van der Waals surface area (Å²) in [5, 5.41) is 0.